The number of benzene rings is 4. The van der Waals surface area contributed by atoms with Crippen LogP contribution < -0.4 is 4.90 Å². The van der Waals surface area contributed by atoms with Crippen LogP contribution >= 0.6 is 0 Å². The van der Waals surface area contributed by atoms with Crippen LogP contribution in [-0.4, -0.2) is 64.5 Å². The second-order valence-electron chi connectivity index (χ2n) is 11.2. The van der Waals surface area contributed by atoms with Gasteiger partial charge < -0.3 is 14.7 Å². The highest BCUT2D eigenvalue weighted by Gasteiger charge is 2.26. The first-order valence-corrected chi connectivity index (χ1v) is 15.1. The van der Waals surface area contributed by atoms with E-state index >= 15 is 0 Å². The lowest BCUT2D eigenvalue weighted by Gasteiger charge is -2.36. The van der Waals surface area contributed by atoms with Crippen LogP contribution in [0.2, 0.25) is 0 Å². The van der Waals surface area contributed by atoms with Crippen LogP contribution in [0.15, 0.2) is 115 Å². The number of anilines is 1. The summed E-state index contributed by atoms with van der Waals surface area (Å²) in [5.41, 5.74) is 6.41. The predicted molar refractivity (Wildman–Crippen MR) is 174 cm³/mol. The number of hydrogen-bond acceptors (Lipinski definition) is 5. The molecule has 0 spiro atoms. The molecule has 7 nitrogen and oxygen atoms in total. The summed E-state index contributed by atoms with van der Waals surface area (Å²) in [5, 5.41) is 8.97. The maximum Gasteiger partial charge on any atom is 0.254 e. The highest BCUT2D eigenvalue weighted by Crippen LogP contribution is 2.24. The standard InChI is InChI=1S/C37H34FN5O2/c1-27-7-11-32(12-8-27)37(45)43(25-28-9-17-33(38)18-10-28)26-36(44)42-23-21-41(22-24-42)35-20-19-34(39-40-35)31-15-13-30(14-16-31)29-5-3-2-4-6-29/h2-20H,21-26H2,1H3. The zero-order valence-corrected chi connectivity index (χ0v) is 25.1. The Morgan fingerprint density at radius 2 is 1.36 bits per heavy atom. The third kappa shape index (κ3) is 7.24. The van der Waals surface area contributed by atoms with Gasteiger partial charge in [0.25, 0.3) is 5.91 Å². The average Bonchev–Trinajstić information content (AvgIpc) is 3.09. The van der Waals surface area contributed by atoms with Crippen molar-refractivity contribution in [3.05, 3.63) is 138 Å². The lowest BCUT2D eigenvalue weighted by atomic mass is 10.0. The number of carbonyl (C=O) groups is 2. The van der Waals surface area contributed by atoms with Gasteiger partial charge in [-0.2, -0.15) is 0 Å². The summed E-state index contributed by atoms with van der Waals surface area (Å²) in [7, 11) is 0. The molecule has 1 fully saturated rings. The van der Waals surface area contributed by atoms with E-state index in [1.807, 2.05) is 49.4 Å². The molecule has 0 radical (unpaired) electrons. The van der Waals surface area contributed by atoms with Crippen LogP contribution in [0.5, 0.6) is 0 Å². The molecule has 0 atom stereocenters. The first kappa shape index (κ1) is 29.7. The van der Waals surface area contributed by atoms with Gasteiger partial charge in [-0.1, -0.05) is 84.4 Å². The molecule has 2 heterocycles. The maximum atomic E-state index is 13.5. The Morgan fingerprint density at radius 3 is 2.00 bits per heavy atom. The van der Waals surface area contributed by atoms with E-state index in [2.05, 4.69) is 51.5 Å². The third-order valence-corrected chi connectivity index (χ3v) is 8.09. The van der Waals surface area contributed by atoms with Crippen LogP contribution in [0.1, 0.15) is 21.5 Å². The molecule has 226 valence electrons. The highest BCUT2D eigenvalue weighted by atomic mass is 19.1. The molecule has 0 N–H and O–H groups in total. The number of halogens is 1. The molecule has 6 rings (SSSR count). The van der Waals surface area contributed by atoms with Gasteiger partial charge in [-0.25, -0.2) is 4.39 Å². The number of aryl methyl sites for hydroxylation is 1. The zero-order valence-electron chi connectivity index (χ0n) is 25.1. The summed E-state index contributed by atoms with van der Waals surface area (Å²) in [4.78, 5) is 32.3. The molecular formula is C37H34FN5O2. The van der Waals surface area contributed by atoms with Gasteiger partial charge in [0.15, 0.2) is 5.82 Å². The van der Waals surface area contributed by atoms with Gasteiger partial charge in [0.1, 0.15) is 12.4 Å². The first-order valence-electron chi connectivity index (χ1n) is 15.1. The van der Waals surface area contributed by atoms with Gasteiger partial charge in [-0.3, -0.25) is 9.59 Å². The van der Waals surface area contributed by atoms with E-state index in [0.717, 1.165) is 33.8 Å². The summed E-state index contributed by atoms with van der Waals surface area (Å²) in [6.07, 6.45) is 0. The number of nitrogens with zero attached hydrogens (tertiary/aromatic N) is 5. The second kappa shape index (κ2) is 13.5. The van der Waals surface area contributed by atoms with E-state index in [0.29, 0.717) is 31.7 Å². The number of carbonyl (C=O) groups excluding carboxylic acids is 2. The van der Waals surface area contributed by atoms with Gasteiger partial charge >= 0.3 is 0 Å². The Labute approximate surface area is 262 Å². The summed E-state index contributed by atoms with van der Waals surface area (Å²) in [6.45, 7) is 4.32. The van der Waals surface area contributed by atoms with E-state index in [1.54, 1.807) is 29.2 Å². The number of piperazine rings is 1. The van der Waals surface area contributed by atoms with Gasteiger partial charge in [0.05, 0.1) is 5.69 Å². The lowest BCUT2D eigenvalue weighted by molar-refractivity contribution is -0.132. The molecule has 0 bridgehead atoms. The van der Waals surface area contributed by atoms with Gasteiger partial charge in [-0.15, -0.1) is 10.2 Å². The molecular weight excluding hydrogens is 565 g/mol. The molecule has 1 saturated heterocycles. The van der Waals surface area contributed by atoms with E-state index in [9.17, 15) is 14.0 Å². The van der Waals surface area contributed by atoms with Crippen molar-refractivity contribution in [3.8, 4) is 22.4 Å². The number of hydrogen-bond donors (Lipinski definition) is 0. The van der Waals surface area contributed by atoms with Crippen LogP contribution in [0, 0.1) is 12.7 Å². The van der Waals surface area contributed by atoms with Crippen molar-refractivity contribution in [1.29, 1.82) is 0 Å². The summed E-state index contributed by atoms with van der Waals surface area (Å²) >= 11 is 0. The fourth-order valence-electron chi connectivity index (χ4n) is 5.45. The van der Waals surface area contributed by atoms with Crippen molar-refractivity contribution in [2.45, 2.75) is 13.5 Å². The van der Waals surface area contributed by atoms with Crippen molar-refractivity contribution in [2.24, 2.45) is 0 Å². The predicted octanol–water partition coefficient (Wildman–Crippen LogP) is 6.25. The maximum absolute atomic E-state index is 13.5. The molecule has 0 saturated carbocycles. The largest absolute Gasteiger partial charge is 0.352 e. The fourth-order valence-corrected chi connectivity index (χ4v) is 5.45. The quantitative estimate of drug-likeness (QED) is 0.211. The molecule has 1 aliphatic heterocycles. The normalized spacial score (nSPS) is 13.0. The number of amides is 2. The minimum atomic E-state index is -0.346. The van der Waals surface area contributed by atoms with Gasteiger partial charge in [-0.05, 0) is 60.0 Å². The average molecular weight is 600 g/mol. The topological polar surface area (TPSA) is 69.6 Å². The molecule has 0 unspecified atom stereocenters. The van der Waals surface area contributed by atoms with E-state index in [4.69, 9.17) is 0 Å². The zero-order chi connectivity index (χ0) is 31.2. The van der Waals surface area contributed by atoms with Crippen molar-refractivity contribution < 1.29 is 14.0 Å². The second-order valence-corrected chi connectivity index (χ2v) is 11.2. The molecule has 1 aromatic heterocycles. The monoisotopic (exact) mass is 599 g/mol. The highest BCUT2D eigenvalue weighted by molar-refractivity contribution is 5.96. The summed E-state index contributed by atoms with van der Waals surface area (Å²) in [5.74, 6) is 0.0501. The molecule has 8 heteroatoms. The molecule has 0 aliphatic carbocycles. The first-order chi connectivity index (χ1) is 21.9. The fraction of sp³-hybridized carbons (Fsp3) is 0.189. The molecule has 2 amide bonds. The SMILES string of the molecule is Cc1ccc(C(=O)N(CC(=O)N2CCN(c3ccc(-c4ccc(-c5ccccc5)cc4)nn3)CC2)Cc2ccc(F)cc2)cc1. The van der Waals surface area contributed by atoms with E-state index < -0.39 is 0 Å². The Bertz CT molecular complexity index is 1740. The Kier molecular flexibility index (Phi) is 8.91. The lowest BCUT2D eigenvalue weighted by Crippen LogP contribution is -2.52. The van der Waals surface area contributed by atoms with Gasteiger partial charge in [0.2, 0.25) is 5.91 Å². The number of aromatic nitrogens is 2. The van der Waals surface area contributed by atoms with Crippen molar-refractivity contribution in [2.75, 3.05) is 37.6 Å². The van der Waals surface area contributed by atoms with Crippen molar-refractivity contribution >= 4 is 17.6 Å². The number of rotatable bonds is 8. The molecule has 5 aromatic rings. The Hall–Kier alpha value is -5.37. The van der Waals surface area contributed by atoms with Crippen molar-refractivity contribution in [1.82, 2.24) is 20.0 Å². The molecule has 1 aliphatic rings. The minimum absolute atomic E-state index is 0.0678. The molecule has 4 aromatic carbocycles. The Balaban J connectivity index is 1.07. The third-order valence-electron chi connectivity index (χ3n) is 8.09. The molecule has 45 heavy (non-hydrogen) atoms. The minimum Gasteiger partial charge on any atom is -0.352 e. The summed E-state index contributed by atoms with van der Waals surface area (Å²) in [6, 6.07) is 35.8. The van der Waals surface area contributed by atoms with E-state index in [-0.39, 0.29) is 30.7 Å². The Morgan fingerprint density at radius 1 is 0.711 bits per heavy atom. The smallest absolute Gasteiger partial charge is 0.254 e. The van der Waals surface area contributed by atoms with E-state index in [1.165, 1.54) is 22.6 Å². The van der Waals surface area contributed by atoms with Crippen molar-refractivity contribution in [3.63, 3.8) is 0 Å². The van der Waals surface area contributed by atoms with Crippen LogP contribution in [0.25, 0.3) is 22.4 Å². The van der Waals surface area contributed by atoms with Gasteiger partial charge in [0, 0.05) is 43.9 Å². The summed E-state index contributed by atoms with van der Waals surface area (Å²) < 4.78 is 13.5. The van der Waals surface area contributed by atoms with Crippen LogP contribution in [-0.2, 0) is 11.3 Å². The van der Waals surface area contributed by atoms with Crippen LogP contribution in [0.4, 0.5) is 10.2 Å². The van der Waals surface area contributed by atoms with Crippen LogP contribution in [0.3, 0.4) is 0 Å².